The van der Waals surface area contributed by atoms with E-state index in [9.17, 15) is 16.8 Å². The zero-order valence-corrected chi connectivity index (χ0v) is 34.2. The van der Waals surface area contributed by atoms with Crippen LogP contribution >= 0.6 is 0 Å². The number of sulfonamides is 1. The quantitative estimate of drug-likeness (QED) is 0.240. The van der Waals surface area contributed by atoms with Gasteiger partial charge in [-0.25, -0.2) is 21.5 Å². The van der Waals surface area contributed by atoms with Gasteiger partial charge in [-0.3, -0.25) is 9.58 Å². The molecule has 3 aromatic heterocycles. The van der Waals surface area contributed by atoms with Crippen LogP contribution < -0.4 is 9.47 Å². The molecule has 0 spiro atoms. The fraction of sp³-hybridized carbons (Fsp3) is 0.559. The van der Waals surface area contributed by atoms with Crippen molar-refractivity contribution in [2.24, 2.45) is 7.05 Å². The number of benzene rings is 1. The van der Waals surface area contributed by atoms with Gasteiger partial charge in [-0.05, 0) is 62.0 Å². The number of aromatic nitrogens is 6. The highest BCUT2D eigenvalue weighted by Gasteiger charge is 2.38. The van der Waals surface area contributed by atoms with Crippen molar-refractivity contribution in [1.29, 1.82) is 0 Å². The highest BCUT2D eigenvalue weighted by Crippen LogP contribution is 2.38. The molecule has 6 rings (SSSR count). The summed E-state index contributed by atoms with van der Waals surface area (Å²) >= 11 is 0. The number of rotatable bonds is 8. The standard InChI is InChI=1S/C34H50N8O7S2Si/c1-23-19-38(5)22-31-26(32(49-25-20-40(21-25)50(7,43)44)37-41(31)15-16-47-52(9,10)34(2,3)4)12-13-29-27-17-24(28-18-35-39(6)33(28)48-23)11-14-30(27)42(36-29)51(8,45)46/h11-14,17-18,23,25H,15-16,19-22H2,1-10H3/b13-12-/t23-/m0/s1. The maximum Gasteiger partial charge on any atom is 0.251 e. The second kappa shape index (κ2) is 13.7. The van der Waals surface area contributed by atoms with E-state index >= 15 is 0 Å². The molecule has 15 nitrogen and oxygen atoms in total. The Balaban J connectivity index is 1.49. The van der Waals surface area contributed by atoms with Gasteiger partial charge in [-0.15, -0.1) is 5.10 Å². The third-order valence-corrected chi connectivity index (χ3v) is 16.8. The Morgan fingerprint density at radius 1 is 1.00 bits per heavy atom. The first-order chi connectivity index (χ1) is 24.1. The van der Waals surface area contributed by atoms with E-state index in [1.807, 2.05) is 43.9 Å². The lowest BCUT2D eigenvalue weighted by Gasteiger charge is -2.36. The number of hydrogen-bond acceptors (Lipinski definition) is 11. The van der Waals surface area contributed by atoms with Gasteiger partial charge in [-0.2, -0.15) is 18.6 Å². The highest BCUT2D eigenvalue weighted by atomic mass is 32.2. The molecule has 0 N–H and O–H groups in total. The number of aryl methyl sites for hydroxylation is 1. The molecule has 1 fully saturated rings. The van der Waals surface area contributed by atoms with Gasteiger partial charge < -0.3 is 13.9 Å². The Bertz CT molecular complexity index is 2230. The van der Waals surface area contributed by atoms with Gasteiger partial charge in [0.2, 0.25) is 21.8 Å². The van der Waals surface area contributed by atoms with Crippen molar-refractivity contribution < 1.29 is 30.7 Å². The van der Waals surface area contributed by atoms with Crippen molar-refractivity contribution in [3.63, 3.8) is 0 Å². The molecule has 5 heterocycles. The van der Waals surface area contributed by atoms with Gasteiger partial charge in [0.05, 0.1) is 73.0 Å². The minimum absolute atomic E-state index is 0.0314. The monoisotopic (exact) mass is 774 g/mol. The van der Waals surface area contributed by atoms with Gasteiger partial charge in [0, 0.05) is 25.5 Å². The van der Waals surface area contributed by atoms with Crippen LogP contribution in [0.5, 0.6) is 11.8 Å². The van der Waals surface area contributed by atoms with Crippen LogP contribution in [0.2, 0.25) is 18.1 Å². The Labute approximate surface area is 307 Å². The van der Waals surface area contributed by atoms with Crippen LogP contribution in [-0.4, -0.2) is 121 Å². The smallest absolute Gasteiger partial charge is 0.251 e. The molecule has 2 aliphatic heterocycles. The fourth-order valence-electron chi connectivity index (χ4n) is 6.17. The maximum absolute atomic E-state index is 12.9. The number of likely N-dealkylation sites (N-methyl/N-ethyl adjacent to an activating group) is 1. The van der Waals surface area contributed by atoms with Crippen LogP contribution in [0.3, 0.4) is 0 Å². The van der Waals surface area contributed by atoms with Gasteiger partial charge in [0.25, 0.3) is 10.0 Å². The van der Waals surface area contributed by atoms with Crippen LogP contribution in [0.25, 0.3) is 34.2 Å². The van der Waals surface area contributed by atoms with Gasteiger partial charge in [-0.1, -0.05) is 26.8 Å². The molecule has 1 aromatic carbocycles. The van der Waals surface area contributed by atoms with E-state index in [0.29, 0.717) is 60.2 Å². The average Bonchev–Trinajstić information content (AvgIpc) is 3.64. The van der Waals surface area contributed by atoms with E-state index in [0.717, 1.165) is 27.2 Å². The van der Waals surface area contributed by atoms with Crippen LogP contribution in [0.1, 0.15) is 44.6 Å². The number of fused-ring (bicyclic) bond motifs is 4. The number of hydrogen-bond donors (Lipinski definition) is 0. The average molecular weight is 775 g/mol. The third-order valence-electron chi connectivity index (χ3n) is 10.1. The summed E-state index contributed by atoms with van der Waals surface area (Å²) in [6.45, 7) is 15.4. The SMILES string of the molecule is C[C@H]1CN(C)Cc2c(c(OC3CN(S(C)(=O)=O)C3)nn2CCO[Si](C)(C)C(C)(C)C)/C=C\c2nn(S(C)(=O)=O)c3ccc(cc23)-c2cnn(C)c2O1. The highest BCUT2D eigenvalue weighted by molar-refractivity contribution is 7.89. The molecule has 2 bridgehead atoms. The molecule has 1 atom stereocenters. The normalized spacial score (nSPS) is 19.1. The second-order valence-corrected chi connectivity index (χ2v) is 24.1. The van der Waals surface area contributed by atoms with Crippen molar-refractivity contribution >= 4 is 51.4 Å². The molecule has 284 valence electrons. The van der Waals surface area contributed by atoms with Crippen molar-refractivity contribution in [1.82, 2.24) is 38.0 Å². The number of ether oxygens (including phenoxy) is 2. The van der Waals surface area contributed by atoms with E-state index in [4.69, 9.17) is 19.0 Å². The minimum Gasteiger partial charge on any atom is -0.473 e. The molecule has 0 unspecified atom stereocenters. The lowest BCUT2D eigenvalue weighted by Crippen LogP contribution is -2.55. The fourth-order valence-corrected chi connectivity index (χ4v) is 8.83. The topological polar surface area (TPSA) is 156 Å². The van der Waals surface area contributed by atoms with E-state index in [2.05, 4.69) is 49.0 Å². The van der Waals surface area contributed by atoms with Crippen LogP contribution in [0.15, 0.2) is 24.4 Å². The van der Waals surface area contributed by atoms with Crippen molar-refractivity contribution in [2.45, 2.75) is 71.1 Å². The van der Waals surface area contributed by atoms with E-state index in [1.54, 1.807) is 23.0 Å². The molecule has 0 saturated carbocycles. The Kier molecular flexibility index (Phi) is 10.1. The summed E-state index contributed by atoms with van der Waals surface area (Å²) in [5.74, 6) is 0.945. The van der Waals surface area contributed by atoms with Crippen LogP contribution in [0.4, 0.5) is 0 Å². The molecular weight excluding hydrogens is 725 g/mol. The number of nitrogens with zero attached hydrogens (tertiary/aromatic N) is 8. The van der Waals surface area contributed by atoms with Gasteiger partial charge in [0.1, 0.15) is 12.2 Å². The summed E-state index contributed by atoms with van der Waals surface area (Å²) in [7, 11) is -5.32. The van der Waals surface area contributed by atoms with Crippen LogP contribution in [0, 0.1) is 0 Å². The molecule has 2 aliphatic rings. The summed E-state index contributed by atoms with van der Waals surface area (Å²) in [6, 6.07) is 5.49. The summed E-state index contributed by atoms with van der Waals surface area (Å²) in [5, 5.41) is 14.6. The second-order valence-electron chi connectivity index (χ2n) is 15.5. The zero-order valence-electron chi connectivity index (χ0n) is 31.6. The molecule has 4 aromatic rings. The van der Waals surface area contributed by atoms with E-state index in [1.165, 1.54) is 10.6 Å². The van der Waals surface area contributed by atoms with Crippen LogP contribution in [-0.2, 0) is 44.6 Å². The van der Waals surface area contributed by atoms with Crippen molar-refractivity contribution in [3.8, 4) is 22.9 Å². The molecular formula is C34H50N8O7S2Si. The van der Waals surface area contributed by atoms with E-state index < -0.39 is 28.4 Å². The lowest BCUT2D eigenvalue weighted by molar-refractivity contribution is 0.0715. The molecule has 0 amide bonds. The van der Waals surface area contributed by atoms with Gasteiger partial charge in [0.15, 0.2) is 8.32 Å². The third kappa shape index (κ3) is 7.72. The summed E-state index contributed by atoms with van der Waals surface area (Å²) < 4.78 is 75.6. The van der Waals surface area contributed by atoms with Gasteiger partial charge >= 0.3 is 0 Å². The minimum atomic E-state index is -3.75. The molecule has 0 aliphatic carbocycles. The molecule has 52 heavy (non-hydrogen) atoms. The van der Waals surface area contributed by atoms with Crippen molar-refractivity contribution in [3.05, 3.63) is 41.3 Å². The maximum atomic E-state index is 12.9. The van der Waals surface area contributed by atoms with Crippen molar-refractivity contribution in [2.75, 3.05) is 45.8 Å². The molecule has 0 radical (unpaired) electrons. The Morgan fingerprint density at radius 2 is 1.71 bits per heavy atom. The molecule has 1 saturated heterocycles. The predicted molar refractivity (Wildman–Crippen MR) is 204 cm³/mol. The molecule has 18 heteroatoms. The Hall–Kier alpha value is -3.55. The summed E-state index contributed by atoms with van der Waals surface area (Å²) in [5.41, 5.74) is 3.97. The predicted octanol–water partition coefficient (Wildman–Crippen LogP) is 3.87. The summed E-state index contributed by atoms with van der Waals surface area (Å²) in [6.07, 6.45) is 7.07. The largest absolute Gasteiger partial charge is 0.473 e. The zero-order chi connectivity index (χ0) is 38.0. The summed E-state index contributed by atoms with van der Waals surface area (Å²) in [4.78, 5) is 2.15. The first-order valence-corrected chi connectivity index (χ1v) is 23.9. The first-order valence-electron chi connectivity index (χ1n) is 17.3. The first kappa shape index (κ1) is 38.2. The lowest BCUT2D eigenvalue weighted by atomic mass is 10.1. The van der Waals surface area contributed by atoms with E-state index in [-0.39, 0.29) is 30.3 Å². The Morgan fingerprint density at radius 3 is 2.37 bits per heavy atom.